The Labute approximate surface area is 56.0 Å². The Hall–Kier alpha value is -0.120. The number of nitrogens with one attached hydrogen (secondary N) is 1. The van der Waals surface area contributed by atoms with Crippen molar-refractivity contribution in [1.82, 2.24) is 5.32 Å². The Kier molecular flexibility index (Phi) is 5.93. The lowest BCUT2D eigenvalue weighted by atomic mass is 10.6. The highest BCUT2D eigenvalue weighted by molar-refractivity contribution is 4.63. The van der Waals surface area contributed by atoms with Gasteiger partial charge in [-0.2, -0.15) is 0 Å². The number of rotatable bonds is 5. The van der Waals surface area contributed by atoms with E-state index >= 15 is 0 Å². The van der Waals surface area contributed by atoms with Crippen LogP contribution in [0.2, 0.25) is 0 Å². The normalized spacial score (nSPS) is 10.7. The summed E-state index contributed by atoms with van der Waals surface area (Å²) in [5, 5.41) is 11.7. The van der Waals surface area contributed by atoms with Crippen molar-refractivity contribution in [2.45, 2.75) is 13.8 Å². The molecule has 3 nitrogen and oxygen atoms in total. The molecule has 0 aliphatic heterocycles. The summed E-state index contributed by atoms with van der Waals surface area (Å²) in [5.74, 6) is 0. The molecule has 0 rings (SSSR count). The van der Waals surface area contributed by atoms with E-state index in [-0.39, 0.29) is 6.29 Å². The molecule has 0 aromatic heterocycles. The highest BCUT2D eigenvalue weighted by Gasteiger charge is 2.01. The lowest BCUT2D eigenvalue weighted by Gasteiger charge is -2.07. The van der Waals surface area contributed by atoms with Crippen molar-refractivity contribution in [1.29, 1.82) is 0 Å². The molecule has 0 aromatic rings. The molecule has 0 aliphatic rings. The average Bonchev–Trinajstić information content (AvgIpc) is 1.85. The van der Waals surface area contributed by atoms with Crippen molar-refractivity contribution in [2.75, 3.05) is 19.7 Å². The van der Waals surface area contributed by atoms with E-state index in [2.05, 4.69) is 5.32 Å². The summed E-state index contributed by atoms with van der Waals surface area (Å²) in [4.78, 5) is 0. The largest absolute Gasteiger partial charge is 0.360 e. The fraction of sp³-hybridized carbons (Fsp3) is 0.833. The van der Waals surface area contributed by atoms with Crippen LogP contribution in [0.5, 0.6) is 0 Å². The number of aliphatic hydroxyl groups excluding tert-OH is 1. The number of hydrogen-bond donors (Lipinski definition) is 2. The first kappa shape index (κ1) is 8.88. The van der Waals surface area contributed by atoms with Gasteiger partial charge in [0.05, 0.1) is 6.54 Å². The predicted molar refractivity (Wildman–Crippen MR) is 35.3 cm³/mol. The third kappa shape index (κ3) is 5.76. The Bertz CT molecular complexity index is 59.0. The fourth-order valence-electron chi connectivity index (χ4n) is 0.450. The quantitative estimate of drug-likeness (QED) is 0.572. The topological polar surface area (TPSA) is 41.5 Å². The molecule has 0 atom stereocenters. The first-order chi connectivity index (χ1) is 4.31. The van der Waals surface area contributed by atoms with E-state index in [9.17, 15) is 0 Å². The maximum absolute atomic E-state index is 8.81. The molecule has 0 bridgehead atoms. The standard InChI is InChI=1S/C6H14NO2/c1-3-7-5-6(8)9-4-2/h7-8H,3-5H2,1-2H3. The predicted octanol–water partition coefficient (Wildman–Crippen LogP) is 0.494. The van der Waals surface area contributed by atoms with Crippen LogP contribution in [-0.2, 0) is 4.74 Å². The molecule has 0 unspecified atom stereocenters. The van der Waals surface area contributed by atoms with Crippen LogP contribution in [0.4, 0.5) is 0 Å². The molecule has 0 saturated carbocycles. The second kappa shape index (κ2) is 6.01. The smallest absolute Gasteiger partial charge is 0.235 e. The third-order valence-corrected chi connectivity index (χ3v) is 0.837. The van der Waals surface area contributed by atoms with E-state index in [0.717, 1.165) is 6.54 Å². The number of hydrogen-bond acceptors (Lipinski definition) is 3. The molecule has 0 aliphatic carbocycles. The summed E-state index contributed by atoms with van der Waals surface area (Å²) < 4.78 is 4.75. The molecule has 55 valence electrons. The van der Waals surface area contributed by atoms with E-state index in [1.165, 1.54) is 0 Å². The highest BCUT2D eigenvalue weighted by Crippen LogP contribution is 1.91. The summed E-state index contributed by atoms with van der Waals surface area (Å²) in [7, 11) is 0. The van der Waals surface area contributed by atoms with Gasteiger partial charge in [0.25, 0.3) is 0 Å². The van der Waals surface area contributed by atoms with Crippen LogP contribution < -0.4 is 5.32 Å². The van der Waals surface area contributed by atoms with Gasteiger partial charge in [0.2, 0.25) is 6.29 Å². The minimum Gasteiger partial charge on any atom is -0.360 e. The van der Waals surface area contributed by atoms with Gasteiger partial charge in [0.1, 0.15) is 0 Å². The van der Waals surface area contributed by atoms with Gasteiger partial charge in [-0.1, -0.05) is 6.92 Å². The van der Waals surface area contributed by atoms with Gasteiger partial charge in [-0.3, -0.25) is 0 Å². The molecule has 9 heavy (non-hydrogen) atoms. The Balaban J connectivity index is 2.95. The van der Waals surface area contributed by atoms with Crippen molar-refractivity contribution >= 4 is 0 Å². The molecular weight excluding hydrogens is 118 g/mol. The maximum Gasteiger partial charge on any atom is 0.235 e. The van der Waals surface area contributed by atoms with Crippen LogP contribution >= 0.6 is 0 Å². The van der Waals surface area contributed by atoms with Gasteiger partial charge < -0.3 is 15.2 Å². The monoisotopic (exact) mass is 132 g/mol. The van der Waals surface area contributed by atoms with Gasteiger partial charge in [-0.15, -0.1) is 0 Å². The SMILES string of the molecule is CCNC[C](O)OCC. The Morgan fingerprint density at radius 1 is 1.56 bits per heavy atom. The molecule has 0 heterocycles. The molecule has 0 amide bonds. The van der Waals surface area contributed by atoms with E-state index in [4.69, 9.17) is 9.84 Å². The van der Waals surface area contributed by atoms with Crippen LogP contribution in [0.3, 0.4) is 0 Å². The van der Waals surface area contributed by atoms with Gasteiger partial charge in [-0.05, 0) is 13.5 Å². The zero-order valence-electron chi connectivity index (χ0n) is 5.98. The second-order valence-electron chi connectivity index (χ2n) is 1.61. The first-order valence-electron chi connectivity index (χ1n) is 3.19. The summed E-state index contributed by atoms with van der Waals surface area (Å²) in [5.41, 5.74) is 0. The van der Waals surface area contributed by atoms with Crippen LogP contribution in [0.15, 0.2) is 0 Å². The van der Waals surface area contributed by atoms with Crippen LogP contribution in [-0.4, -0.2) is 24.8 Å². The van der Waals surface area contributed by atoms with Crippen molar-refractivity contribution in [2.24, 2.45) is 0 Å². The molecule has 0 saturated heterocycles. The minimum atomic E-state index is 0.0688. The third-order valence-electron chi connectivity index (χ3n) is 0.837. The fourth-order valence-corrected chi connectivity index (χ4v) is 0.450. The second-order valence-corrected chi connectivity index (χ2v) is 1.61. The lowest BCUT2D eigenvalue weighted by molar-refractivity contribution is 0.0110. The Morgan fingerprint density at radius 2 is 2.22 bits per heavy atom. The number of aliphatic hydroxyl groups is 1. The summed E-state index contributed by atoms with van der Waals surface area (Å²) in [6, 6.07) is 0. The molecule has 2 N–H and O–H groups in total. The summed E-state index contributed by atoms with van der Waals surface area (Å²) >= 11 is 0. The van der Waals surface area contributed by atoms with Gasteiger partial charge in [-0.25, -0.2) is 0 Å². The van der Waals surface area contributed by atoms with Crippen LogP contribution in [0.1, 0.15) is 13.8 Å². The lowest BCUT2D eigenvalue weighted by Crippen LogP contribution is -2.22. The summed E-state index contributed by atoms with van der Waals surface area (Å²) in [6.07, 6.45) is 0.0688. The van der Waals surface area contributed by atoms with Crippen LogP contribution in [0, 0.1) is 6.29 Å². The zero-order chi connectivity index (χ0) is 7.11. The number of likely N-dealkylation sites (N-methyl/N-ethyl adjacent to an activating group) is 1. The first-order valence-corrected chi connectivity index (χ1v) is 3.19. The average molecular weight is 132 g/mol. The zero-order valence-corrected chi connectivity index (χ0v) is 5.98. The van der Waals surface area contributed by atoms with E-state index in [1.54, 1.807) is 0 Å². The molecular formula is C6H14NO2. The van der Waals surface area contributed by atoms with E-state index in [1.807, 2.05) is 13.8 Å². The van der Waals surface area contributed by atoms with Crippen molar-refractivity contribution in [3.8, 4) is 0 Å². The van der Waals surface area contributed by atoms with Crippen molar-refractivity contribution in [3.05, 3.63) is 6.29 Å². The molecule has 0 spiro atoms. The molecule has 0 fully saturated rings. The highest BCUT2D eigenvalue weighted by atomic mass is 16.6. The van der Waals surface area contributed by atoms with Gasteiger partial charge in [0.15, 0.2) is 0 Å². The Morgan fingerprint density at radius 3 is 2.67 bits per heavy atom. The van der Waals surface area contributed by atoms with E-state index < -0.39 is 0 Å². The van der Waals surface area contributed by atoms with E-state index in [0.29, 0.717) is 13.2 Å². The van der Waals surface area contributed by atoms with Crippen molar-refractivity contribution in [3.63, 3.8) is 0 Å². The number of ether oxygens (including phenoxy) is 1. The minimum absolute atomic E-state index is 0.0688. The van der Waals surface area contributed by atoms with Crippen LogP contribution in [0.25, 0.3) is 0 Å². The van der Waals surface area contributed by atoms with Gasteiger partial charge in [0, 0.05) is 6.61 Å². The summed E-state index contributed by atoms with van der Waals surface area (Å²) in [6.45, 7) is 5.61. The molecule has 1 radical (unpaired) electrons. The van der Waals surface area contributed by atoms with Crippen molar-refractivity contribution < 1.29 is 9.84 Å². The maximum atomic E-state index is 8.81. The molecule has 0 aromatic carbocycles. The van der Waals surface area contributed by atoms with Gasteiger partial charge >= 0.3 is 0 Å². The molecule has 3 heteroatoms.